The Morgan fingerprint density at radius 2 is 1.83 bits per heavy atom. The van der Waals surface area contributed by atoms with E-state index in [2.05, 4.69) is 0 Å². The second-order valence-electron chi connectivity index (χ2n) is 7.70. The number of morpholine rings is 1. The maximum Gasteiger partial charge on any atom is 0.262 e. The van der Waals surface area contributed by atoms with Crippen molar-refractivity contribution in [2.24, 2.45) is 0 Å². The normalized spacial score (nSPS) is 17.1. The van der Waals surface area contributed by atoms with Gasteiger partial charge >= 0.3 is 0 Å². The smallest absolute Gasteiger partial charge is 0.262 e. The molecule has 1 aromatic heterocycles. The summed E-state index contributed by atoms with van der Waals surface area (Å²) in [4.78, 5) is 19.5. The van der Waals surface area contributed by atoms with Gasteiger partial charge in [0.2, 0.25) is 0 Å². The van der Waals surface area contributed by atoms with Gasteiger partial charge in [0.1, 0.15) is 25.7 Å². The Kier molecular flexibility index (Phi) is 6.84. The number of thioether (sulfide) groups is 1. The van der Waals surface area contributed by atoms with Crippen LogP contribution in [0.2, 0.25) is 0 Å². The quantitative estimate of drug-likeness (QED) is 0.441. The molecule has 3 aromatic rings. The van der Waals surface area contributed by atoms with E-state index in [0.717, 1.165) is 31.9 Å². The van der Waals surface area contributed by atoms with Gasteiger partial charge in [0.25, 0.3) is 5.56 Å². The molecule has 2 heterocycles. The van der Waals surface area contributed by atoms with Crippen LogP contribution < -0.4 is 10.5 Å². The van der Waals surface area contributed by atoms with Crippen molar-refractivity contribution in [3.8, 4) is 0 Å². The first-order valence-corrected chi connectivity index (χ1v) is 11.4. The minimum absolute atomic E-state index is 0.0484. The van der Waals surface area contributed by atoms with Crippen molar-refractivity contribution >= 4 is 22.7 Å². The Hall–Kier alpha value is -2.19. The fourth-order valence-electron chi connectivity index (χ4n) is 3.88. The summed E-state index contributed by atoms with van der Waals surface area (Å²) >= 11 is 1.45. The molecule has 7 heteroatoms. The van der Waals surface area contributed by atoms with Crippen molar-refractivity contribution in [1.29, 1.82) is 0 Å². The molecule has 6 nitrogen and oxygen atoms in total. The van der Waals surface area contributed by atoms with Crippen LogP contribution in [0.25, 0.3) is 10.9 Å². The van der Waals surface area contributed by atoms with Crippen LogP contribution in [-0.2, 0) is 4.74 Å². The van der Waals surface area contributed by atoms with Gasteiger partial charge in [-0.25, -0.2) is 4.98 Å². The Balaban J connectivity index is 1.61. The van der Waals surface area contributed by atoms with E-state index < -0.39 is 6.10 Å². The first-order chi connectivity index (χ1) is 14.6. The molecule has 4 rings (SSSR count). The third-order valence-electron chi connectivity index (χ3n) is 5.57. The van der Waals surface area contributed by atoms with Crippen molar-refractivity contribution in [3.63, 3.8) is 0 Å². The fourth-order valence-corrected chi connectivity index (χ4v) is 4.88. The number of benzene rings is 2. The molecule has 158 valence electrons. The minimum atomic E-state index is -0.466. The molecule has 0 unspecified atom stereocenters. The number of hydrogen-bond donors (Lipinski definition) is 2. The minimum Gasteiger partial charge on any atom is -0.386 e. The molecule has 2 atom stereocenters. The van der Waals surface area contributed by atoms with Gasteiger partial charge in [-0.15, -0.1) is 0 Å². The van der Waals surface area contributed by atoms with Crippen LogP contribution >= 0.6 is 11.8 Å². The summed E-state index contributed by atoms with van der Waals surface area (Å²) in [6.07, 6.45) is -0.466. The summed E-state index contributed by atoms with van der Waals surface area (Å²) in [6.45, 7) is 6.04. The molecule has 0 spiro atoms. The van der Waals surface area contributed by atoms with Crippen LogP contribution in [0.15, 0.2) is 64.5 Å². The molecule has 1 fully saturated rings. The second-order valence-corrected chi connectivity index (χ2v) is 8.69. The van der Waals surface area contributed by atoms with E-state index in [4.69, 9.17) is 9.72 Å². The average molecular weight is 427 g/mol. The average Bonchev–Trinajstić information content (AvgIpc) is 2.79. The maximum atomic E-state index is 13.4. The van der Waals surface area contributed by atoms with Crippen molar-refractivity contribution in [2.75, 3.05) is 38.6 Å². The number of hydrogen-bond acceptors (Lipinski definition) is 5. The van der Waals surface area contributed by atoms with Crippen molar-refractivity contribution in [2.45, 2.75) is 24.2 Å². The van der Waals surface area contributed by atoms with Gasteiger partial charge in [-0.2, -0.15) is 0 Å². The van der Waals surface area contributed by atoms with Gasteiger partial charge in [0.05, 0.1) is 30.2 Å². The van der Waals surface area contributed by atoms with Gasteiger partial charge in [-0.3, -0.25) is 9.36 Å². The van der Waals surface area contributed by atoms with Gasteiger partial charge in [-0.1, -0.05) is 54.2 Å². The number of fused-ring (bicyclic) bond motifs is 1. The number of rotatable bonds is 7. The molecule has 0 radical (unpaired) electrons. The maximum absolute atomic E-state index is 13.4. The molecule has 0 aliphatic carbocycles. The summed E-state index contributed by atoms with van der Waals surface area (Å²) in [5.74, 6) is 0.497. The molecule has 1 aliphatic rings. The summed E-state index contributed by atoms with van der Waals surface area (Å²) in [6, 6.07) is 17.3. The molecule has 0 saturated carbocycles. The van der Waals surface area contributed by atoms with Crippen molar-refractivity contribution in [3.05, 3.63) is 70.5 Å². The fraction of sp³-hybridized carbons (Fsp3) is 0.391. The summed E-state index contributed by atoms with van der Waals surface area (Å²) in [5.41, 5.74) is 1.69. The Morgan fingerprint density at radius 3 is 2.60 bits per heavy atom. The first-order valence-electron chi connectivity index (χ1n) is 10.4. The third kappa shape index (κ3) is 4.75. The molecule has 30 heavy (non-hydrogen) atoms. The number of nitrogens with one attached hydrogen (secondary N) is 1. The zero-order chi connectivity index (χ0) is 20.9. The highest BCUT2D eigenvalue weighted by atomic mass is 32.2. The standard InChI is InChI=1S/C23H27N3O3S/c1-17(18-7-3-2-4-8-18)26-22(28)20-9-5-6-10-21(20)24-23(26)30-16-19(27)15-25-11-13-29-14-12-25/h2-10,17,19,27H,11-16H2,1H3/p+1/t17-,19-/m1/s1. The largest absolute Gasteiger partial charge is 0.386 e. The predicted octanol–water partition coefficient (Wildman–Crippen LogP) is 1.37. The van der Waals surface area contributed by atoms with E-state index in [-0.39, 0.29) is 11.6 Å². The molecule has 2 aromatic carbocycles. The molecule has 2 N–H and O–H groups in total. The predicted molar refractivity (Wildman–Crippen MR) is 119 cm³/mol. The van der Waals surface area contributed by atoms with Crippen LogP contribution in [-0.4, -0.2) is 59.4 Å². The number of aliphatic hydroxyl groups is 1. The summed E-state index contributed by atoms with van der Waals surface area (Å²) in [5, 5.41) is 11.9. The highest BCUT2D eigenvalue weighted by molar-refractivity contribution is 7.99. The van der Waals surface area contributed by atoms with Crippen LogP contribution in [0.3, 0.4) is 0 Å². The topological polar surface area (TPSA) is 68.8 Å². The number of para-hydroxylation sites is 1. The Labute approximate surface area is 180 Å². The van der Waals surface area contributed by atoms with Gasteiger partial charge in [-0.05, 0) is 24.6 Å². The van der Waals surface area contributed by atoms with Crippen LogP contribution in [0.4, 0.5) is 0 Å². The van der Waals surface area contributed by atoms with E-state index >= 15 is 0 Å². The summed E-state index contributed by atoms with van der Waals surface area (Å²) in [7, 11) is 0. The lowest BCUT2D eigenvalue weighted by atomic mass is 10.1. The number of aliphatic hydroxyl groups excluding tert-OH is 1. The summed E-state index contributed by atoms with van der Waals surface area (Å²) < 4.78 is 7.15. The molecule has 0 bridgehead atoms. The number of aromatic nitrogens is 2. The second kappa shape index (κ2) is 9.75. The molecular formula is C23H28N3O3S+. The molecule has 0 amide bonds. The molecule has 1 aliphatic heterocycles. The van der Waals surface area contributed by atoms with Crippen LogP contribution in [0.1, 0.15) is 18.5 Å². The van der Waals surface area contributed by atoms with E-state index in [9.17, 15) is 9.90 Å². The lowest BCUT2D eigenvalue weighted by molar-refractivity contribution is -0.910. The van der Waals surface area contributed by atoms with Crippen LogP contribution in [0, 0.1) is 0 Å². The van der Waals surface area contributed by atoms with E-state index in [1.807, 2.05) is 61.5 Å². The molecule has 1 saturated heterocycles. The third-order valence-corrected chi connectivity index (χ3v) is 6.67. The van der Waals surface area contributed by atoms with Crippen molar-refractivity contribution < 1.29 is 14.7 Å². The van der Waals surface area contributed by atoms with E-state index in [0.29, 0.717) is 28.4 Å². The molecular weight excluding hydrogens is 398 g/mol. The van der Waals surface area contributed by atoms with Gasteiger partial charge in [0, 0.05) is 5.75 Å². The SMILES string of the molecule is C[C@H](c1ccccc1)n1c(SC[C@H](O)C[NH+]2CCOCC2)nc2ccccc2c1=O. The first kappa shape index (κ1) is 21.1. The van der Waals surface area contributed by atoms with Crippen LogP contribution in [0.5, 0.6) is 0 Å². The van der Waals surface area contributed by atoms with Crippen molar-refractivity contribution in [1.82, 2.24) is 9.55 Å². The number of ether oxygens (including phenoxy) is 1. The van der Waals surface area contributed by atoms with Gasteiger partial charge < -0.3 is 14.7 Å². The highest BCUT2D eigenvalue weighted by Crippen LogP contribution is 2.25. The monoisotopic (exact) mass is 426 g/mol. The van der Waals surface area contributed by atoms with E-state index in [1.54, 1.807) is 4.57 Å². The lowest BCUT2D eigenvalue weighted by Gasteiger charge is -2.26. The zero-order valence-electron chi connectivity index (χ0n) is 17.2. The Morgan fingerprint density at radius 1 is 1.13 bits per heavy atom. The number of quaternary nitrogens is 1. The lowest BCUT2D eigenvalue weighted by Crippen LogP contribution is -3.15. The Bertz CT molecular complexity index is 1030. The van der Waals surface area contributed by atoms with E-state index in [1.165, 1.54) is 16.7 Å². The van der Waals surface area contributed by atoms with Gasteiger partial charge in [0.15, 0.2) is 5.16 Å². The zero-order valence-corrected chi connectivity index (χ0v) is 18.0. The highest BCUT2D eigenvalue weighted by Gasteiger charge is 2.21. The number of nitrogens with zero attached hydrogens (tertiary/aromatic N) is 2.